The summed E-state index contributed by atoms with van der Waals surface area (Å²) in [6, 6.07) is 16.0. The zero-order valence-electron chi connectivity index (χ0n) is 18.4. The Balaban J connectivity index is 1.89. The molecule has 0 saturated carbocycles. The van der Waals surface area contributed by atoms with Crippen LogP contribution in [0.4, 0.5) is 18.9 Å². The topological polar surface area (TPSA) is 84.5 Å². The van der Waals surface area contributed by atoms with Gasteiger partial charge in [-0.25, -0.2) is 8.42 Å². The molecule has 34 heavy (non-hydrogen) atoms. The summed E-state index contributed by atoms with van der Waals surface area (Å²) in [5, 5.41) is 2.49. The minimum Gasteiger partial charge on any atom is -0.495 e. The summed E-state index contributed by atoms with van der Waals surface area (Å²) >= 11 is 0. The molecular weight excluding hydrogens is 469 g/mol. The van der Waals surface area contributed by atoms with Crippen LogP contribution in [-0.4, -0.2) is 27.5 Å². The van der Waals surface area contributed by atoms with Crippen molar-refractivity contribution in [3.05, 3.63) is 89.5 Å². The lowest BCUT2D eigenvalue weighted by Crippen LogP contribution is -2.45. The lowest BCUT2D eigenvalue weighted by molar-refractivity contribution is -0.137. The number of sulfonamides is 1. The van der Waals surface area contributed by atoms with Gasteiger partial charge < -0.3 is 10.1 Å². The average molecular weight is 493 g/mol. The summed E-state index contributed by atoms with van der Waals surface area (Å²) < 4.78 is 72.4. The zero-order chi connectivity index (χ0) is 24.9. The van der Waals surface area contributed by atoms with Crippen LogP contribution in [0.1, 0.15) is 16.7 Å². The standard InChI is InChI=1S/C24H23F3N2O4S/c1-16-8-13-21(33-2)22(14-16)34(31,32)29-20(15-17-6-4-3-5-7-17)23(30)28-19-11-9-18(10-12-19)24(25,26)27/h3-14,20,29H,15H2,1-2H3,(H,28,30)/t20-/m1/s1. The number of hydrogen-bond donors (Lipinski definition) is 2. The van der Waals surface area contributed by atoms with Gasteiger partial charge in [-0.3, -0.25) is 4.79 Å². The molecule has 0 saturated heterocycles. The highest BCUT2D eigenvalue weighted by Crippen LogP contribution is 2.30. The van der Waals surface area contributed by atoms with Crippen LogP contribution in [0.25, 0.3) is 0 Å². The quantitative estimate of drug-likeness (QED) is 0.483. The highest BCUT2D eigenvalue weighted by atomic mass is 32.2. The number of carbonyl (C=O) groups is 1. The fraction of sp³-hybridized carbons (Fsp3) is 0.208. The van der Waals surface area contributed by atoms with E-state index in [9.17, 15) is 26.4 Å². The van der Waals surface area contributed by atoms with E-state index in [0.717, 1.165) is 24.3 Å². The predicted molar refractivity (Wildman–Crippen MR) is 122 cm³/mol. The van der Waals surface area contributed by atoms with Crippen LogP contribution < -0.4 is 14.8 Å². The van der Waals surface area contributed by atoms with Crippen LogP contribution in [0, 0.1) is 6.92 Å². The minimum atomic E-state index is -4.51. The first-order valence-corrected chi connectivity index (χ1v) is 11.7. The Labute approximate surface area is 195 Å². The van der Waals surface area contributed by atoms with E-state index in [4.69, 9.17) is 4.74 Å². The molecule has 1 atom stereocenters. The summed E-state index contributed by atoms with van der Waals surface area (Å²) in [6.07, 6.45) is -4.50. The third-order valence-electron chi connectivity index (χ3n) is 4.98. The van der Waals surface area contributed by atoms with Crippen LogP contribution in [0.15, 0.2) is 77.7 Å². The lowest BCUT2D eigenvalue weighted by Gasteiger charge is -2.20. The fourth-order valence-corrected chi connectivity index (χ4v) is 4.70. The van der Waals surface area contributed by atoms with Crippen LogP contribution in [0.2, 0.25) is 0 Å². The molecule has 1 amide bonds. The van der Waals surface area contributed by atoms with Gasteiger partial charge in [0.1, 0.15) is 16.7 Å². The smallest absolute Gasteiger partial charge is 0.416 e. The van der Waals surface area contributed by atoms with E-state index in [-0.39, 0.29) is 22.8 Å². The first kappa shape index (κ1) is 25.3. The van der Waals surface area contributed by atoms with Gasteiger partial charge in [0, 0.05) is 5.69 Å². The molecular formula is C24H23F3N2O4S. The first-order valence-electron chi connectivity index (χ1n) is 10.2. The van der Waals surface area contributed by atoms with Gasteiger partial charge in [0.2, 0.25) is 15.9 Å². The molecule has 180 valence electrons. The number of alkyl halides is 3. The molecule has 0 unspecified atom stereocenters. The summed E-state index contributed by atoms with van der Waals surface area (Å²) in [6.45, 7) is 1.72. The summed E-state index contributed by atoms with van der Waals surface area (Å²) in [5.74, 6) is -0.612. The minimum absolute atomic E-state index is 0.0146. The Bertz CT molecular complexity index is 1250. The van der Waals surface area contributed by atoms with E-state index < -0.39 is 33.7 Å². The maximum Gasteiger partial charge on any atom is 0.416 e. The Hall–Kier alpha value is -3.37. The second-order valence-corrected chi connectivity index (χ2v) is 9.26. The molecule has 0 heterocycles. The molecule has 0 fully saturated rings. The summed E-state index contributed by atoms with van der Waals surface area (Å²) in [7, 11) is -2.86. The number of methoxy groups -OCH3 is 1. The van der Waals surface area contributed by atoms with E-state index in [1.54, 1.807) is 43.3 Å². The second kappa shape index (κ2) is 10.3. The fourth-order valence-electron chi connectivity index (χ4n) is 3.25. The molecule has 0 radical (unpaired) electrons. The lowest BCUT2D eigenvalue weighted by atomic mass is 10.1. The highest BCUT2D eigenvalue weighted by molar-refractivity contribution is 7.89. The SMILES string of the molecule is COc1ccc(C)cc1S(=O)(=O)N[C@H](Cc1ccccc1)C(=O)Nc1ccc(C(F)(F)F)cc1. The largest absolute Gasteiger partial charge is 0.495 e. The molecule has 0 aliphatic carbocycles. The van der Waals surface area contributed by atoms with Crippen molar-refractivity contribution in [1.82, 2.24) is 4.72 Å². The zero-order valence-corrected chi connectivity index (χ0v) is 19.2. The molecule has 3 aromatic carbocycles. The number of hydrogen-bond acceptors (Lipinski definition) is 4. The molecule has 6 nitrogen and oxygen atoms in total. The van der Waals surface area contributed by atoms with Crippen LogP contribution >= 0.6 is 0 Å². The Kier molecular flexibility index (Phi) is 7.63. The number of halogens is 3. The average Bonchev–Trinajstić information content (AvgIpc) is 2.79. The number of carbonyl (C=O) groups excluding carboxylic acids is 1. The maximum atomic E-state index is 13.2. The number of aryl methyl sites for hydroxylation is 1. The molecule has 0 aromatic heterocycles. The molecule has 0 spiro atoms. The van der Waals surface area contributed by atoms with E-state index in [0.29, 0.717) is 11.1 Å². The van der Waals surface area contributed by atoms with Gasteiger partial charge in [-0.15, -0.1) is 0 Å². The first-order chi connectivity index (χ1) is 16.0. The van der Waals surface area contributed by atoms with Gasteiger partial charge in [0.25, 0.3) is 0 Å². The van der Waals surface area contributed by atoms with Crippen LogP contribution in [0.3, 0.4) is 0 Å². The molecule has 10 heteroatoms. The maximum absolute atomic E-state index is 13.2. The van der Waals surface area contributed by atoms with Crippen molar-refractivity contribution >= 4 is 21.6 Å². The van der Waals surface area contributed by atoms with Crippen molar-refractivity contribution in [2.45, 2.75) is 30.5 Å². The number of rotatable bonds is 8. The van der Waals surface area contributed by atoms with E-state index in [1.165, 1.54) is 19.2 Å². The second-order valence-electron chi connectivity index (χ2n) is 7.58. The molecule has 0 aliphatic rings. The van der Waals surface area contributed by atoms with Gasteiger partial charge >= 0.3 is 6.18 Å². The van der Waals surface area contributed by atoms with E-state index in [1.807, 2.05) is 0 Å². The third kappa shape index (κ3) is 6.36. The van der Waals surface area contributed by atoms with Gasteiger partial charge in [0.15, 0.2) is 0 Å². The number of ether oxygens (including phenoxy) is 1. The van der Waals surface area contributed by atoms with Crippen LogP contribution in [-0.2, 0) is 27.4 Å². The number of amides is 1. The van der Waals surface area contributed by atoms with Crippen molar-refractivity contribution in [3.63, 3.8) is 0 Å². The van der Waals surface area contributed by atoms with Gasteiger partial charge in [-0.05, 0) is 60.9 Å². The normalized spacial score (nSPS) is 12.7. The molecule has 0 bridgehead atoms. The molecule has 0 aliphatic heterocycles. The highest BCUT2D eigenvalue weighted by Gasteiger charge is 2.31. The molecule has 3 rings (SSSR count). The third-order valence-corrected chi connectivity index (χ3v) is 6.48. The number of benzene rings is 3. The van der Waals surface area contributed by atoms with E-state index in [2.05, 4.69) is 10.0 Å². The summed E-state index contributed by atoms with van der Waals surface area (Å²) in [4.78, 5) is 12.9. The molecule has 2 N–H and O–H groups in total. The predicted octanol–water partition coefficient (Wildman–Crippen LogP) is 4.55. The monoisotopic (exact) mass is 492 g/mol. The Morgan fingerprint density at radius 3 is 2.24 bits per heavy atom. The van der Waals surface area contributed by atoms with Crippen molar-refractivity contribution in [2.75, 3.05) is 12.4 Å². The van der Waals surface area contributed by atoms with Gasteiger partial charge in [-0.1, -0.05) is 36.4 Å². The van der Waals surface area contributed by atoms with E-state index >= 15 is 0 Å². The summed E-state index contributed by atoms with van der Waals surface area (Å²) in [5.41, 5.74) is 0.603. The number of nitrogens with one attached hydrogen (secondary N) is 2. The molecule has 3 aromatic rings. The van der Waals surface area contributed by atoms with Gasteiger partial charge in [0.05, 0.1) is 12.7 Å². The van der Waals surface area contributed by atoms with Gasteiger partial charge in [-0.2, -0.15) is 17.9 Å². The number of anilines is 1. The Morgan fingerprint density at radius 2 is 1.65 bits per heavy atom. The van der Waals surface area contributed by atoms with Crippen molar-refractivity contribution in [3.8, 4) is 5.75 Å². The van der Waals surface area contributed by atoms with Crippen molar-refractivity contribution in [2.24, 2.45) is 0 Å². The van der Waals surface area contributed by atoms with Crippen LogP contribution in [0.5, 0.6) is 5.75 Å². The van der Waals surface area contributed by atoms with Crippen molar-refractivity contribution in [1.29, 1.82) is 0 Å². The Morgan fingerprint density at radius 1 is 1.00 bits per heavy atom. The van der Waals surface area contributed by atoms with Crippen molar-refractivity contribution < 1.29 is 31.1 Å².